The van der Waals surface area contributed by atoms with Gasteiger partial charge in [-0.2, -0.15) is 0 Å². The Morgan fingerprint density at radius 1 is 1.65 bits per heavy atom. The van der Waals surface area contributed by atoms with E-state index in [9.17, 15) is 9.90 Å². The SMILES string of the molecule is CC(C)(C)OC(=O)N1CCOC(O)(c2nc(Br)cs2)C1. The molecule has 6 nitrogen and oxygen atoms in total. The van der Waals surface area contributed by atoms with E-state index in [0.29, 0.717) is 16.2 Å². The van der Waals surface area contributed by atoms with Gasteiger partial charge in [0.15, 0.2) is 5.01 Å². The van der Waals surface area contributed by atoms with Crippen LogP contribution in [0.3, 0.4) is 0 Å². The molecule has 1 aromatic rings. The minimum Gasteiger partial charge on any atom is -0.444 e. The Labute approximate surface area is 129 Å². The molecule has 0 aliphatic carbocycles. The van der Waals surface area contributed by atoms with Crippen LogP contribution in [0.15, 0.2) is 9.98 Å². The van der Waals surface area contributed by atoms with E-state index in [1.54, 1.807) is 26.2 Å². The average molecular weight is 365 g/mol. The summed E-state index contributed by atoms with van der Waals surface area (Å²) in [5.41, 5.74) is -0.572. The third-order valence-corrected chi connectivity index (χ3v) is 4.25. The molecule has 1 N–H and O–H groups in total. The molecular formula is C12H17BrN2O4S. The number of thiazole rings is 1. The Morgan fingerprint density at radius 3 is 2.90 bits per heavy atom. The van der Waals surface area contributed by atoms with Crippen LogP contribution in [0, 0.1) is 0 Å². The molecule has 1 aliphatic rings. The van der Waals surface area contributed by atoms with Crippen LogP contribution >= 0.6 is 27.3 Å². The molecule has 1 saturated heterocycles. The molecule has 1 amide bonds. The highest BCUT2D eigenvalue weighted by molar-refractivity contribution is 9.10. The van der Waals surface area contributed by atoms with E-state index in [1.165, 1.54) is 16.2 Å². The molecule has 0 bridgehead atoms. The van der Waals surface area contributed by atoms with Gasteiger partial charge >= 0.3 is 6.09 Å². The van der Waals surface area contributed by atoms with Gasteiger partial charge in [0.05, 0.1) is 13.2 Å². The van der Waals surface area contributed by atoms with Crippen LogP contribution < -0.4 is 0 Å². The van der Waals surface area contributed by atoms with Crippen molar-refractivity contribution >= 4 is 33.4 Å². The summed E-state index contributed by atoms with van der Waals surface area (Å²) in [4.78, 5) is 17.6. The fourth-order valence-corrected chi connectivity index (χ4v) is 3.05. The first-order chi connectivity index (χ1) is 9.20. The predicted octanol–water partition coefficient (Wildman–Crippen LogP) is 2.32. The highest BCUT2D eigenvalue weighted by Gasteiger charge is 2.41. The lowest BCUT2D eigenvalue weighted by atomic mass is 10.2. The zero-order valence-corrected chi connectivity index (χ0v) is 14.0. The minimum absolute atomic E-state index is 0.00185. The number of hydrogen-bond acceptors (Lipinski definition) is 6. The molecule has 0 radical (unpaired) electrons. The fraction of sp³-hybridized carbons (Fsp3) is 0.667. The van der Waals surface area contributed by atoms with E-state index in [2.05, 4.69) is 20.9 Å². The molecule has 1 aromatic heterocycles. The van der Waals surface area contributed by atoms with Crippen molar-refractivity contribution in [3.63, 3.8) is 0 Å². The van der Waals surface area contributed by atoms with Crippen molar-refractivity contribution in [2.45, 2.75) is 32.2 Å². The predicted molar refractivity (Wildman–Crippen MR) is 77.5 cm³/mol. The van der Waals surface area contributed by atoms with Gasteiger partial charge in [-0.1, -0.05) is 0 Å². The second kappa shape index (κ2) is 5.59. The summed E-state index contributed by atoms with van der Waals surface area (Å²) in [5, 5.41) is 12.7. The molecule has 8 heteroatoms. The van der Waals surface area contributed by atoms with E-state index < -0.39 is 17.5 Å². The van der Waals surface area contributed by atoms with Gasteiger partial charge in [0.25, 0.3) is 0 Å². The number of β-amino-alcohol motifs (C(OH)–C–C–N with tert-alkyl or cyclic N) is 1. The number of halogens is 1. The van der Waals surface area contributed by atoms with Gasteiger partial charge < -0.3 is 14.6 Å². The van der Waals surface area contributed by atoms with Gasteiger partial charge in [-0.05, 0) is 36.7 Å². The largest absolute Gasteiger partial charge is 0.444 e. The normalized spacial score (nSPS) is 23.8. The summed E-state index contributed by atoms with van der Waals surface area (Å²) in [6, 6.07) is 0. The van der Waals surface area contributed by atoms with Crippen molar-refractivity contribution in [1.29, 1.82) is 0 Å². The fourth-order valence-electron chi connectivity index (χ4n) is 1.75. The van der Waals surface area contributed by atoms with Crippen molar-refractivity contribution < 1.29 is 19.4 Å². The Bertz CT molecular complexity index is 502. The maximum atomic E-state index is 12.0. The lowest BCUT2D eigenvalue weighted by Gasteiger charge is -2.38. The number of carbonyl (C=O) groups excluding carboxylic acids is 1. The van der Waals surface area contributed by atoms with Crippen LogP contribution in [-0.2, 0) is 15.3 Å². The molecule has 20 heavy (non-hydrogen) atoms. The van der Waals surface area contributed by atoms with Crippen molar-refractivity contribution in [1.82, 2.24) is 9.88 Å². The number of amides is 1. The number of nitrogens with zero attached hydrogens (tertiary/aromatic N) is 2. The average Bonchev–Trinajstić information content (AvgIpc) is 2.74. The summed E-state index contributed by atoms with van der Waals surface area (Å²) in [6.45, 7) is 6.01. The molecule has 2 rings (SSSR count). The van der Waals surface area contributed by atoms with Crippen LogP contribution in [0.25, 0.3) is 0 Å². The molecule has 112 valence electrons. The number of rotatable bonds is 1. The van der Waals surface area contributed by atoms with Crippen molar-refractivity contribution in [3.05, 3.63) is 15.0 Å². The van der Waals surface area contributed by atoms with Crippen LogP contribution in [0.2, 0.25) is 0 Å². The Balaban J connectivity index is 2.10. The maximum absolute atomic E-state index is 12.0. The van der Waals surface area contributed by atoms with E-state index in [1.807, 2.05) is 0 Å². The summed E-state index contributed by atoms with van der Waals surface area (Å²) in [6.07, 6.45) is -0.463. The molecule has 1 fully saturated rings. The van der Waals surface area contributed by atoms with Crippen LogP contribution in [0.4, 0.5) is 4.79 Å². The molecule has 0 aromatic carbocycles. The lowest BCUT2D eigenvalue weighted by Crippen LogP contribution is -2.52. The third-order valence-electron chi connectivity index (χ3n) is 2.57. The number of morpholine rings is 1. The van der Waals surface area contributed by atoms with E-state index >= 15 is 0 Å². The van der Waals surface area contributed by atoms with Gasteiger partial charge in [0, 0.05) is 11.9 Å². The van der Waals surface area contributed by atoms with Gasteiger partial charge in [0.1, 0.15) is 10.2 Å². The summed E-state index contributed by atoms with van der Waals surface area (Å²) >= 11 is 4.50. The van der Waals surface area contributed by atoms with E-state index in [0.717, 1.165) is 0 Å². The highest BCUT2D eigenvalue weighted by Crippen LogP contribution is 2.31. The smallest absolute Gasteiger partial charge is 0.410 e. The zero-order valence-electron chi connectivity index (χ0n) is 11.6. The first-order valence-electron chi connectivity index (χ1n) is 6.15. The monoisotopic (exact) mass is 364 g/mol. The Morgan fingerprint density at radius 2 is 2.35 bits per heavy atom. The second-order valence-electron chi connectivity index (χ2n) is 5.51. The lowest BCUT2D eigenvalue weighted by molar-refractivity contribution is -0.244. The zero-order chi connectivity index (χ0) is 15.0. The van der Waals surface area contributed by atoms with E-state index in [-0.39, 0.29) is 13.2 Å². The van der Waals surface area contributed by atoms with Crippen molar-refractivity contribution in [2.75, 3.05) is 19.7 Å². The summed E-state index contributed by atoms with van der Waals surface area (Å²) in [5.74, 6) is -1.58. The van der Waals surface area contributed by atoms with E-state index in [4.69, 9.17) is 9.47 Å². The Kier molecular flexibility index (Phi) is 4.38. The summed E-state index contributed by atoms with van der Waals surface area (Å²) < 4.78 is 11.3. The molecule has 0 spiro atoms. The number of carbonyl (C=O) groups is 1. The summed E-state index contributed by atoms with van der Waals surface area (Å²) in [7, 11) is 0. The van der Waals surface area contributed by atoms with Gasteiger partial charge in [-0.3, -0.25) is 4.90 Å². The van der Waals surface area contributed by atoms with Crippen LogP contribution in [0.5, 0.6) is 0 Å². The number of aliphatic hydroxyl groups is 1. The molecular weight excluding hydrogens is 348 g/mol. The molecule has 2 heterocycles. The van der Waals surface area contributed by atoms with Gasteiger partial charge in [-0.15, -0.1) is 11.3 Å². The second-order valence-corrected chi connectivity index (χ2v) is 7.18. The Hall–Kier alpha value is -0.700. The van der Waals surface area contributed by atoms with Crippen LogP contribution in [-0.4, -0.2) is 46.4 Å². The number of aromatic nitrogens is 1. The number of hydrogen-bond donors (Lipinski definition) is 1. The van der Waals surface area contributed by atoms with Crippen molar-refractivity contribution in [2.24, 2.45) is 0 Å². The first-order valence-corrected chi connectivity index (χ1v) is 7.83. The van der Waals surface area contributed by atoms with Gasteiger partial charge in [0.2, 0.25) is 5.79 Å². The third kappa shape index (κ3) is 3.69. The minimum atomic E-state index is -1.58. The topological polar surface area (TPSA) is 71.9 Å². The quantitative estimate of drug-likeness (QED) is 0.827. The molecule has 1 atom stereocenters. The number of ether oxygens (including phenoxy) is 2. The van der Waals surface area contributed by atoms with Crippen LogP contribution in [0.1, 0.15) is 25.8 Å². The molecule has 0 saturated carbocycles. The molecule has 1 aliphatic heterocycles. The highest BCUT2D eigenvalue weighted by atomic mass is 79.9. The first kappa shape index (κ1) is 15.7. The maximum Gasteiger partial charge on any atom is 0.410 e. The molecule has 1 unspecified atom stereocenters. The van der Waals surface area contributed by atoms with Gasteiger partial charge in [-0.25, -0.2) is 9.78 Å². The standard InChI is InChI=1S/C12H17BrN2O4S/c1-11(2,3)19-10(16)15-4-5-18-12(17,7-15)9-14-8(13)6-20-9/h6,17H,4-5,7H2,1-3H3. The van der Waals surface area contributed by atoms with Crippen molar-refractivity contribution in [3.8, 4) is 0 Å².